The van der Waals surface area contributed by atoms with E-state index in [0.29, 0.717) is 28.0 Å². The molecule has 0 saturated heterocycles. The summed E-state index contributed by atoms with van der Waals surface area (Å²) in [5.41, 5.74) is 2.47. The molecule has 144 valence electrons. The van der Waals surface area contributed by atoms with Crippen molar-refractivity contribution < 1.29 is 9.72 Å². The lowest BCUT2D eigenvalue weighted by molar-refractivity contribution is -0.385. The molecule has 0 aliphatic heterocycles. The van der Waals surface area contributed by atoms with Gasteiger partial charge in [0.2, 0.25) is 0 Å². The summed E-state index contributed by atoms with van der Waals surface area (Å²) in [6.45, 7) is 4.00. The van der Waals surface area contributed by atoms with Gasteiger partial charge in [0, 0.05) is 6.07 Å². The van der Waals surface area contributed by atoms with Crippen molar-refractivity contribution in [3.05, 3.63) is 85.1 Å². The van der Waals surface area contributed by atoms with Crippen molar-refractivity contribution in [3.8, 4) is 0 Å². The lowest BCUT2D eigenvalue weighted by Crippen LogP contribution is -2.15. The van der Waals surface area contributed by atoms with Gasteiger partial charge in [0.05, 0.1) is 38.6 Å². The topological polar surface area (TPSA) is 90.1 Å². The molecule has 0 aliphatic rings. The second-order valence-corrected chi connectivity index (χ2v) is 6.99. The molecule has 9 heteroatoms. The number of aryl methyl sites for hydroxylation is 1. The Balaban J connectivity index is 1.87. The van der Waals surface area contributed by atoms with Crippen molar-refractivity contribution in [2.75, 3.05) is 5.32 Å². The van der Waals surface area contributed by atoms with Gasteiger partial charge in [0.25, 0.3) is 11.6 Å². The van der Waals surface area contributed by atoms with Gasteiger partial charge >= 0.3 is 0 Å². The normalized spacial score (nSPS) is 10.7. The van der Waals surface area contributed by atoms with Gasteiger partial charge in [0.1, 0.15) is 5.56 Å². The first kappa shape index (κ1) is 19.9. The largest absolute Gasteiger partial charge is 0.319 e. The molecule has 0 aliphatic carbocycles. The fraction of sp³-hybridized carbons (Fsp3) is 0.158. The third-order valence-electron chi connectivity index (χ3n) is 4.28. The number of hydrogen-bond acceptors (Lipinski definition) is 4. The highest BCUT2D eigenvalue weighted by molar-refractivity contribution is 6.42. The minimum atomic E-state index is -0.581. The lowest BCUT2D eigenvalue weighted by Gasteiger charge is -2.08. The summed E-state index contributed by atoms with van der Waals surface area (Å²) >= 11 is 12.0. The monoisotopic (exact) mass is 418 g/mol. The molecule has 0 unspecified atom stereocenters. The van der Waals surface area contributed by atoms with E-state index in [1.165, 1.54) is 18.2 Å². The summed E-state index contributed by atoms with van der Waals surface area (Å²) in [5, 5.41) is 19.3. The zero-order valence-corrected chi connectivity index (χ0v) is 16.6. The standard InChI is InChI=1S/C19H16Cl2N4O3/c1-11-18(22-19(26)14-5-3-4-6-17(14)25(27)28)12(2)24(23-11)10-13-7-8-15(20)16(21)9-13/h3-9H,10H2,1-2H3,(H,22,26). The van der Waals surface area contributed by atoms with E-state index in [1.54, 1.807) is 29.8 Å². The molecule has 0 bridgehead atoms. The second-order valence-electron chi connectivity index (χ2n) is 6.18. The van der Waals surface area contributed by atoms with E-state index in [1.807, 2.05) is 13.0 Å². The number of nitro groups is 1. The number of nitrogens with zero attached hydrogens (tertiary/aromatic N) is 3. The predicted octanol–water partition coefficient (Wildman–Crippen LogP) is 5.02. The molecule has 0 saturated carbocycles. The van der Waals surface area contributed by atoms with Crippen molar-refractivity contribution in [3.63, 3.8) is 0 Å². The van der Waals surface area contributed by atoms with Gasteiger partial charge in [-0.3, -0.25) is 19.6 Å². The molecule has 28 heavy (non-hydrogen) atoms. The number of benzene rings is 2. The molecule has 1 N–H and O–H groups in total. The molecule has 1 heterocycles. The van der Waals surface area contributed by atoms with Crippen LogP contribution in [0, 0.1) is 24.0 Å². The van der Waals surface area contributed by atoms with E-state index in [-0.39, 0.29) is 11.3 Å². The van der Waals surface area contributed by atoms with Gasteiger partial charge in [-0.25, -0.2) is 0 Å². The quantitative estimate of drug-likeness (QED) is 0.465. The minimum absolute atomic E-state index is 0.0106. The molecular formula is C19H16Cl2N4O3. The van der Waals surface area contributed by atoms with Crippen LogP contribution in [-0.2, 0) is 6.54 Å². The van der Waals surface area contributed by atoms with E-state index >= 15 is 0 Å². The van der Waals surface area contributed by atoms with Crippen molar-refractivity contribution in [1.82, 2.24) is 9.78 Å². The number of nitro benzene ring substituents is 1. The van der Waals surface area contributed by atoms with Crippen LogP contribution in [0.3, 0.4) is 0 Å². The van der Waals surface area contributed by atoms with Crippen LogP contribution < -0.4 is 5.32 Å². The SMILES string of the molecule is Cc1nn(Cc2ccc(Cl)c(Cl)c2)c(C)c1NC(=O)c1ccccc1[N+](=O)[O-]. The average molecular weight is 419 g/mol. The van der Waals surface area contributed by atoms with Crippen LogP contribution in [-0.4, -0.2) is 20.6 Å². The number of nitrogens with one attached hydrogen (secondary N) is 1. The molecule has 3 rings (SSSR count). The second kappa shape index (κ2) is 8.00. The minimum Gasteiger partial charge on any atom is -0.319 e. The van der Waals surface area contributed by atoms with Gasteiger partial charge in [0.15, 0.2) is 0 Å². The van der Waals surface area contributed by atoms with Gasteiger partial charge in [-0.15, -0.1) is 0 Å². The van der Waals surface area contributed by atoms with Crippen molar-refractivity contribution >= 4 is 40.5 Å². The van der Waals surface area contributed by atoms with Crippen molar-refractivity contribution in [1.29, 1.82) is 0 Å². The summed E-state index contributed by atoms with van der Waals surface area (Å²) in [5.74, 6) is -0.562. The van der Waals surface area contributed by atoms with Crippen LogP contribution in [0.4, 0.5) is 11.4 Å². The van der Waals surface area contributed by atoms with Crippen molar-refractivity contribution in [2.24, 2.45) is 0 Å². The molecular weight excluding hydrogens is 403 g/mol. The maximum absolute atomic E-state index is 12.6. The first-order chi connectivity index (χ1) is 13.3. The Morgan fingerprint density at radius 1 is 1.18 bits per heavy atom. The van der Waals surface area contributed by atoms with Crippen molar-refractivity contribution in [2.45, 2.75) is 20.4 Å². The fourth-order valence-corrected chi connectivity index (χ4v) is 3.17. The zero-order chi connectivity index (χ0) is 20.4. The Bertz CT molecular complexity index is 1080. The van der Waals surface area contributed by atoms with Crippen LogP contribution in [0.15, 0.2) is 42.5 Å². The Morgan fingerprint density at radius 2 is 1.89 bits per heavy atom. The van der Waals surface area contributed by atoms with Crippen LogP contribution >= 0.6 is 23.2 Å². The highest BCUT2D eigenvalue weighted by Gasteiger charge is 2.22. The molecule has 3 aromatic rings. The molecule has 7 nitrogen and oxygen atoms in total. The number of rotatable bonds is 5. The summed E-state index contributed by atoms with van der Waals surface area (Å²) in [6.07, 6.45) is 0. The Morgan fingerprint density at radius 3 is 2.57 bits per heavy atom. The maximum atomic E-state index is 12.6. The number of para-hydroxylation sites is 1. The molecule has 1 aromatic heterocycles. The molecule has 0 atom stereocenters. The maximum Gasteiger partial charge on any atom is 0.282 e. The number of hydrogen-bond donors (Lipinski definition) is 1. The lowest BCUT2D eigenvalue weighted by atomic mass is 10.1. The molecule has 0 fully saturated rings. The molecule has 0 spiro atoms. The number of aromatic nitrogens is 2. The zero-order valence-electron chi connectivity index (χ0n) is 15.1. The summed E-state index contributed by atoms with van der Waals surface area (Å²) in [6, 6.07) is 11.1. The van der Waals surface area contributed by atoms with Crippen LogP contribution in [0.2, 0.25) is 10.0 Å². The third-order valence-corrected chi connectivity index (χ3v) is 5.02. The third kappa shape index (κ3) is 4.00. The van der Waals surface area contributed by atoms with E-state index in [0.717, 1.165) is 11.3 Å². The number of halogens is 2. The summed E-state index contributed by atoms with van der Waals surface area (Å²) in [7, 11) is 0. The van der Waals surface area contributed by atoms with Crippen LogP contribution in [0.1, 0.15) is 27.3 Å². The van der Waals surface area contributed by atoms with Gasteiger partial charge < -0.3 is 5.32 Å². The highest BCUT2D eigenvalue weighted by Crippen LogP contribution is 2.26. The fourth-order valence-electron chi connectivity index (χ4n) is 2.85. The van der Waals surface area contributed by atoms with Crippen LogP contribution in [0.25, 0.3) is 0 Å². The molecule has 2 aromatic carbocycles. The number of amides is 1. The first-order valence-corrected chi connectivity index (χ1v) is 9.06. The Labute approximate surface area is 171 Å². The first-order valence-electron chi connectivity index (χ1n) is 8.30. The highest BCUT2D eigenvalue weighted by atomic mass is 35.5. The molecule has 1 amide bonds. The van der Waals surface area contributed by atoms with E-state index in [9.17, 15) is 14.9 Å². The van der Waals surface area contributed by atoms with Crippen LogP contribution in [0.5, 0.6) is 0 Å². The van der Waals surface area contributed by atoms with E-state index in [4.69, 9.17) is 23.2 Å². The van der Waals surface area contributed by atoms with Gasteiger partial charge in [-0.1, -0.05) is 41.4 Å². The van der Waals surface area contributed by atoms with E-state index in [2.05, 4.69) is 10.4 Å². The summed E-state index contributed by atoms with van der Waals surface area (Å²) < 4.78 is 1.73. The number of carbonyl (C=O) groups is 1. The van der Waals surface area contributed by atoms with Gasteiger partial charge in [-0.2, -0.15) is 5.10 Å². The summed E-state index contributed by atoms with van der Waals surface area (Å²) in [4.78, 5) is 23.2. The average Bonchev–Trinajstić information content (AvgIpc) is 2.92. The van der Waals surface area contributed by atoms with Gasteiger partial charge in [-0.05, 0) is 37.6 Å². The number of carbonyl (C=O) groups excluding carboxylic acids is 1. The number of anilines is 1. The van der Waals surface area contributed by atoms with E-state index < -0.39 is 10.8 Å². The Kier molecular flexibility index (Phi) is 5.67. The Hall–Kier alpha value is -2.90. The predicted molar refractivity (Wildman–Crippen MR) is 108 cm³/mol. The molecule has 0 radical (unpaired) electrons. The smallest absolute Gasteiger partial charge is 0.282 e.